The fourth-order valence-corrected chi connectivity index (χ4v) is 4.92. The van der Waals surface area contributed by atoms with Gasteiger partial charge in [0.15, 0.2) is 5.78 Å². The molecule has 2 aromatic carbocycles. The first-order valence-corrected chi connectivity index (χ1v) is 13.4. The lowest BCUT2D eigenvalue weighted by atomic mass is 9.88. The molecule has 3 rings (SSSR count). The van der Waals surface area contributed by atoms with Gasteiger partial charge in [-0.1, -0.05) is 56.3 Å². The van der Waals surface area contributed by atoms with Gasteiger partial charge in [-0.2, -0.15) is 0 Å². The van der Waals surface area contributed by atoms with Gasteiger partial charge in [-0.15, -0.1) is 0 Å². The van der Waals surface area contributed by atoms with Gasteiger partial charge < -0.3 is 14.8 Å². The minimum absolute atomic E-state index is 0.132. The standard InChI is InChI=1S/C30H41FN2O5/c1-20(2)17-25(28(36)32-24(26(34)19-31)18-27(35)38-29(3,4)5)33-30(15-8-9-16-37-30)23-14-10-12-21-11-6-7-13-22(21)23/h6-7,10-14,20,24-25,33H,8-9,15-19H2,1-5H3,(H,32,36)/t24?,25-,30?/m0/s1. The Bertz CT molecular complexity index is 1120. The molecule has 1 saturated heterocycles. The van der Waals surface area contributed by atoms with Gasteiger partial charge in [-0.3, -0.25) is 19.7 Å². The van der Waals surface area contributed by atoms with Crippen LogP contribution in [0.15, 0.2) is 42.5 Å². The highest BCUT2D eigenvalue weighted by Crippen LogP contribution is 2.37. The fraction of sp³-hybridized carbons (Fsp3) is 0.567. The van der Waals surface area contributed by atoms with Gasteiger partial charge >= 0.3 is 5.97 Å². The number of fused-ring (bicyclic) bond motifs is 1. The first-order chi connectivity index (χ1) is 17.9. The van der Waals surface area contributed by atoms with E-state index in [-0.39, 0.29) is 5.92 Å². The van der Waals surface area contributed by atoms with E-state index in [9.17, 15) is 18.8 Å². The lowest BCUT2D eigenvalue weighted by Gasteiger charge is -2.42. The molecule has 1 heterocycles. The zero-order valence-corrected chi connectivity index (χ0v) is 23.1. The van der Waals surface area contributed by atoms with Crippen LogP contribution in [0.1, 0.15) is 72.3 Å². The predicted molar refractivity (Wildman–Crippen MR) is 145 cm³/mol. The van der Waals surface area contributed by atoms with Crippen molar-refractivity contribution >= 4 is 28.4 Å². The maximum absolute atomic E-state index is 13.6. The largest absolute Gasteiger partial charge is 0.460 e. The second kappa shape index (κ2) is 12.8. The average molecular weight is 529 g/mol. The number of halogens is 1. The van der Waals surface area contributed by atoms with Crippen LogP contribution in [0.3, 0.4) is 0 Å². The molecule has 2 N–H and O–H groups in total. The van der Waals surface area contributed by atoms with E-state index < -0.39 is 54.2 Å². The summed E-state index contributed by atoms with van der Waals surface area (Å²) in [7, 11) is 0. The molecule has 1 aliphatic heterocycles. The average Bonchev–Trinajstić information content (AvgIpc) is 2.86. The van der Waals surface area contributed by atoms with Crippen molar-refractivity contribution in [1.82, 2.24) is 10.6 Å². The molecule has 2 unspecified atom stereocenters. The van der Waals surface area contributed by atoms with E-state index >= 15 is 0 Å². The monoisotopic (exact) mass is 528 g/mol. The molecule has 0 aliphatic carbocycles. The summed E-state index contributed by atoms with van der Waals surface area (Å²) in [6.07, 6.45) is 2.50. The van der Waals surface area contributed by atoms with Gasteiger partial charge in [0.2, 0.25) is 5.91 Å². The molecule has 0 bridgehead atoms. The zero-order chi connectivity index (χ0) is 27.9. The molecule has 0 spiro atoms. The van der Waals surface area contributed by atoms with Crippen molar-refractivity contribution in [3.63, 3.8) is 0 Å². The Morgan fingerprint density at radius 2 is 1.76 bits per heavy atom. The van der Waals surface area contributed by atoms with Crippen molar-refractivity contribution in [3.8, 4) is 0 Å². The van der Waals surface area contributed by atoms with E-state index in [2.05, 4.69) is 10.6 Å². The molecule has 38 heavy (non-hydrogen) atoms. The molecule has 2 aromatic rings. The number of Topliss-reactive ketones (excluding diaryl/α,β-unsaturated/α-hetero) is 1. The summed E-state index contributed by atoms with van der Waals surface area (Å²) in [4.78, 5) is 38.4. The first-order valence-electron chi connectivity index (χ1n) is 13.4. The molecular formula is C30H41FN2O5. The summed E-state index contributed by atoms with van der Waals surface area (Å²) in [5.41, 5.74) is -0.738. The molecule has 1 amide bonds. The minimum atomic E-state index is -1.32. The third kappa shape index (κ3) is 7.84. The molecule has 1 fully saturated rings. The number of ketones is 1. The third-order valence-corrected chi connectivity index (χ3v) is 6.56. The SMILES string of the molecule is CC(C)C[C@H](NC1(c2cccc3ccccc23)CCCCO1)C(=O)NC(CC(=O)OC(C)(C)C)C(=O)CF. The highest BCUT2D eigenvalue weighted by Gasteiger charge is 2.41. The Morgan fingerprint density at radius 3 is 2.39 bits per heavy atom. The lowest BCUT2D eigenvalue weighted by Crippen LogP contribution is -2.58. The number of rotatable bonds is 11. The molecule has 208 valence electrons. The lowest BCUT2D eigenvalue weighted by molar-refractivity contribution is -0.156. The quantitative estimate of drug-likeness (QED) is 0.401. The molecule has 8 heteroatoms. The molecule has 0 saturated carbocycles. The Labute approximate surface area is 224 Å². The smallest absolute Gasteiger partial charge is 0.308 e. The Balaban J connectivity index is 1.91. The first kappa shape index (κ1) is 29.7. The number of carbonyl (C=O) groups excluding carboxylic acids is 3. The Kier molecular flexibility index (Phi) is 10.0. The normalized spacial score (nSPS) is 19.7. The molecule has 1 aliphatic rings. The van der Waals surface area contributed by atoms with Crippen LogP contribution in [0.5, 0.6) is 0 Å². The summed E-state index contributed by atoms with van der Waals surface area (Å²) in [6.45, 7) is 8.35. The number of carbonyl (C=O) groups is 3. The van der Waals surface area contributed by atoms with Crippen LogP contribution in [-0.2, 0) is 29.6 Å². The van der Waals surface area contributed by atoms with Gasteiger partial charge in [0.05, 0.1) is 12.5 Å². The number of esters is 1. The van der Waals surface area contributed by atoms with E-state index in [0.29, 0.717) is 19.4 Å². The van der Waals surface area contributed by atoms with Crippen molar-refractivity contribution in [2.75, 3.05) is 13.3 Å². The second-order valence-corrected chi connectivity index (χ2v) is 11.4. The van der Waals surface area contributed by atoms with Gasteiger partial charge in [0.1, 0.15) is 24.0 Å². The van der Waals surface area contributed by atoms with Crippen molar-refractivity contribution < 1.29 is 28.2 Å². The summed E-state index contributed by atoms with van der Waals surface area (Å²) in [5.74, 6) is -1.90. The highest BCUT2D eigenvalue weighted by molar-refractivity contribution is 5.94. The maximum Gasteiger partial charge on any atom is 0.308 e. The van der Waals surface area contributed by atoms with E-state index in [0.717, 1.165) is 29.2 Å². The maximum atomic E-state index is 13.6. The van der Waals surface area contributed by atoms with Crippen molar-refractivity contribution in [2.45, 2.75) is 90.1 Å². The van der Waals surface area contributed by atoms with E-state index in [1.54, 1.807) is 20.8 Å². The van der Waals surface area contributed by atoms with E-state index in [1.807, 2.05) is 56.3 Å². The Hall–Kier alpha value is -2.84. The molecule has 0 aromatic heterocycles. The number of benzene rings is 2. The summed E-state index contributed by atoms with van der Waals surface area (Å²) < 4.78 is 25.1. The van der Waals surface area contributed by atoms with E-state index in [4.69, 9.17) is 9.47 Å². The molecule has 0 radical (unpaired) electrons. The van der Waals surface area contributed by atoms with Crippen molar-refractivity contribution in [2.24, 2.45) is 5.92 Å². The van der Waals surface area contributed by atoms with Gasteiger partial charge in [-0.05, 0) is 63.1 Å². The summed E-state index contributed by atoms with van der Waals surface area (Å²) in [6, 6.07) is 12.0. The van der Waals surface area contributed by atoms with Crippen LogP contribution >= 0.6 is 0 Å². The molecular weight excluding hydrogens is 487 g/mol. The molecule has 7 nitrogen and oxygen atoms in total. The van der Waals surface area contributed by atoms with Crippen LogP contribution in [0.25, 0.3) is 10.8 Å². The number of nitrogens with one attached hydrogen (secondary N) is 2. The Morgan fingerprint density at radius 1 is 1.05 bits per heavy atom. The van der Waals surface area contributed by atoms with Crippen LogP contribution < -0.4 is 10.6 Å². The van der Waals surface area contributed by atoms with Crippen molar-refractivity contribution in [3.05, 3.63) is 48.0 Å². The topological polar surface area (TPSA) is 93.7 Å². The van der Waals surface area contributed by atoms with Gasteiger partial charge in [-0.25, -0.2) is 4.39 Å². The summed E-state index contributed by atoms with van der Waals surface area (Å²) >= 11 is 0. The van der Waals surface area contributed by atoms with E-state index in [1.165, 1.54) is 0 Å². The number of ether oxygens (including phenoxy) is 2. The molecule has 3 atom stereocenters. The number of alkyl halides is 1. The fourth-order valence-electron chi connectivity index (χ4n) is 4.92. The number of hydrogen-bond acceptors (Lipinski definition) is 6. The van der Waals surface area contributed by atoms with Crippen LogP contribution in [-0.4, -0.2) is 48.6 Å². The van der Waals surface area contributed by atoms with Crippen molar-refractivity contribution in [1.29, 1.82) is 0 Å². The van der Waals surface area contributed by atoms with Crippen LogP contribution in [0.4, 0.5) is 4.39 Å². The zero-order valence-electron chi connectivity index (χ0n) is 23.1. The summed E-state index contributed by atoms with van der Waals surface area (Å²) in [5, 5.41) is 8.24. The van der Waals surface area contributed by atoms with Gasteiger partial charge in [0.25, 0.3) is 0 Å². The second-order valence-electron chi connectivity index (χ2n) is 11.4. The van der Waals surface area contributed by atoms with Crippen LogP contribution in [0, 0.1) is 5.92 Å². The highest BCUT2D eigenvalue weighted by atomic mass is 19.1. The number of amides is 1. The van der Waals surface area contributed by atoms with Gasteiger partial charge in [0, 0.05) is 12.2 Å². The van der Waals surface area contributed by atoms with Crippen LogP contribution in [0.2, 0.25) is 0 Å². The number of hydrogen-bond donors (Lipinski definition) is 2. The minimum Gasteiger partial charge on any atom is -0.460 e. The predicted octanol–water partition coefficient (Wildman–Crippen LogP) is 4.95. The third-order valence-electron chi connectivity index (χ3n) is 6.56.